The van der Waals surface area contributed by atoms with Crippen LogP contribution in [0.15, 0.2) is 0 Å². The zero-order chi connectivity index (χ0) is 22.9. The molecule has 0 bridgehead atoms. The molecular formula is C24H44O6. The van der Waals surface area contributed by atoms with Gasteiger partial charge in [0.25, 0.3) is 0 Å². The molecule has 0 aromatic heterocycles. The lowest BCUT2D eigenvalue weighted by Crippen LogP contribution is -2.39. The van der Waals surface area contributed by atoms with Crippen LogP contribution >= 0.6 is 0 Å². The van der Waals surface area contributed by atoms with Gasteiger partial charge in [0.05, 0.1) is 30.7 Å². The largest absolute Gasteiger partial charge is 0.481 e. The third-order valence-corrected chi connectivity index (χ3v) is 7.17. The number of carboxylic acid groups (broad SMARTS) is 1. The Hall–Kier alpha value is -1.14. The van der Waals surface area contributed by atoms with E-state index in [2.05, 4.69) is 13.8 Å². The molecule has 30 heavy (non-hydrogen) atoms. The highest BCUT2D eigenvalue weighted by molar-refractivity contribution is 5.75. The molecule has 6 atom stereocenters. The Bertz CT molecular complexity index is 532. The first-order chi connectivity index (χ1) is 14.0. The highest BCUT2D eigenvalue weighted by Gasteiger charge is 2.38. The summed E-state index contributed by atoms with van der Waals surface area (Å²) in [7, 11) is 0. The van der Waals surface area contributed by atoms with Crippen LogP contribution in [0.3, 0.4) is 0 Å². The molecule has 0 radical (unpaired) electrons. The highest BCUT2D eigenvalue weighted by atomic mass is 16.5. The minimum absolute atomic E-state index is 0.0795. The summed E-state index contributed by atoms with van der Waals surface area (Å²) in [5.74, 6) is 0.421. The van der Waals surface area contributed by atoms with E-state index < -0.39 is 23.6 Å². The van der Waals surface area contributed by atoms with Gasteiger partial charge >= 0.3 is 11.9 Å². The average molecular weight is 429 g/mol. The van der Waals surface area contributed by atoms with Crippen molar-refractivity contribution in [2.45, 2.75) is 105 Å². The lowest BCUT2D eigenvalue weighted by molar-refractivity contribution is -0.158. The Labute approximate surface area is 182 Å². The van der Waals surface area contributed by atoms with Crippen molar-refractivity contribution in [2.24, 2.45) is 29.1 Å². The number of carbonyl (C=O) groups is 2. The molecule has 1 aliphatic carbocycles. The molecule has 0 unspecified atom stereocenters. The summed E-state index contributed by atoms with van der Waals surface area (Å²) in [5, 5.41) is 28.9. The maximum absolute atomic E-state index is 12.5. The SMILES string of the molecule is CCC[C@H]1CC[C@@H](C)[C@@H](CC[C@@H](O)C[C@H](O)CC(=O)O)[C@@H]1COC(=O)C(C)(C)CC. The van der Waals surface area contributed by atoms with Gasteiger partial charge in [-0.15, -0.1) is 0 Å². The number of hydrogen-bond acceptors (Lipinski definition) is 5. The molecule has 6 heteroatoms. The van der Waals surface area contributed by atoms with Gasteiger partial charge in [-0.1, -0.05) is 40.0 Å². The van der Waals surface area contributed by atoms with Crippen LogP contribution in [-0.4, -0.2) is 46.1 Å². The van der Waals surface area contributed by atoms with Crippen molar-refractivity contribution in [1.82, 2.24) is 0 Å². The van der Waals surface area contributed by atoms with Crippen LogP contribution in [0, 0.1) is 29.1 Å². The Kier molecular flexibility index (Phi) is 11.3. The maximum atomic E-state index is 12.5. The summed E-state index contributed by atoms with van der Waals surface area (Å²) in [5.41, 5.74) is -0.480. The van der Waals surface area contributed by atoms with Gasteiger partial charge < -0.3 is 20.1 Å². The van der Waals surface area contributed by atoms with E-state index in [0.29, 0.717) is 30.8 Å². The molecule has 1 fully saturated rings. The summed E-state index contributed by atoms with van der Waals surface area (Å²) in [6.45, 7) is 10.7. The summed E-state index contributed by atoms with van der Waals surface area (Å²) in [4.78, 5) is 23.2. The molecule has 0 spiro atoms. The molecule has 0 aliphatic heterocycles. The minimum atomic E-state index is -1.06. The zero-order valence-corrected chi connectivity index (χ0v) is 19.6. The number of rotatable bonds is 13. The van der Waals surface area contributed by atoms with Crippen molar-refractivity contribution >= 4 is 11.9 Å². The van der Waals surface area contributed by atoms with Gasteiger partial charge in [-0.05, 0) is 69.6 Å². The van der Waals surface area contributed by atoms with Crippen LogP contribution in [-0.2, 0) is 14.3 Å². The van der Waals surface area contributed by atoms with Gasteiger partial charge in [-0.2, -0.15) is 0 Å². The van der Waals surface area contributed by atoms with E-state index >= 15 is 0 Å². The fourth-order valence-corrected chi connectivity index (χ4v) is 4.78. The van der Waals surface area contributed by atoms with Gasteiger partial charge in [0.2, 0.25) is 0 Å². The Balaban J connectivity index is 2.76. The molecular weight excluding hydrogens is 384 g/mol. The number of carbonyl (C=O) groups excluding carboxylic acids is 1. The highest BCUT2D eigenvalue weighted by Crippen LogP contribution is 2.43. The van der Waals surface area contributed by atoms with Crippen LogP contribution in [0.25, 0.3) is 0 Å². The number of carboxylic acids is 1. The average Bonchev–Trinajstić information content (AvgIpc) is 2.66. The topological polar surface area (TPSA) is 104 Å². The normalized spacial score (nSPS) is 26.8. The predicted octanol–water partition coefficient (Wildman–Crippen LogP) is 4.41. The van der Waals surface area contributed by atoms with E-state index in [1.54, 1.807) is 0 Å². The molecule has 0 amide bonds. The first-order valence-electron chi connectivity index (χ1n) is 11.8. The zero-order valence-electron chi connectivity index (χ0n) is 19.6. The summed E-state index contributed by atoms with van der Waals surface area (Å²) in [6.07, 6.45) is 4.53. The number of aliphatic hydroxyl groups is 2. The number of aliphatic hydroxyl groups excluding tert-OH is 2. The molecule has 0 saturated heterocycles. The van der Waals surface area contributed by atoms with Crippen molar-refractivity contribution in [3.63, 3.8) is 0 Å². The van der Waals surface area contributed by atoms with Gasteiger partial charge in [0.1, 0.15) is 0 Å². The molecule has 0 aromatic rings. The first-order valence-corrected chi connectivity index (χ1v) is 11.8. The number of ether oxygens (including phenoxy) is 1. The molecule has 1 rings (SSSR count). The quantitative estimate of drug-likeness (QED) is 0.375. The van der Waals surface area contributed by atoms with Gasteiger partial charge in [-0.25, -0.2) is 0 Å². The third-order valence-electron chi connectivity index (χ3n) is 7.17. The van der Waals surface area contributed by atoms with Crippen LogP contribution in [0.5, 0.6) is 0 Å². The number of aliphatic carboxylic acids is 1. The van der Waals surface area contributed by atoms with E-state index in [1.807, 2.05) is 20.8 Å². The van der Waals surface area contributed by atoms with Gasteiger partial charge in [-0.3, -0.25) is 9.59 Å². The maximum Gasteiger partial charge on any atom is 0.311 e. The van der Waals surface area contributed by atoms with Crippen molar-refractivity contribution < 1.29 is 29.6 Å². The van der Waals surface area contributed by atoms with E-state index in [4.69, 9.17) is 9.84 Å². The van der Waals surface area contributed by atoms with Gasteiger partial charge in [0, 0.05) is 0 Å². The molecule has 0 aromatic carbocycles. The molecule has 3 N–H and O–H groups in total. The molecule has 6 nitrogen and oxygen atoms in total. The first kappa shape index (κ1) is 26.9. The Morgan fingerprint density at radius 3 is 2.30 bits per heavy atom. The van der Waals surface area contributed by atoms with E-state index in [1.165, 1.54) is 0 Å². The fourth-order valence-electron chi connectivity index (χ4n) is 4.78. The van der Waals surface area contributed by atoms with E-state index in [9.17, 15) is 19.8 Å². The second kappa shape index (κ2) is 12.7. The summed E-state index contributed by atoms with van der Waals surface area (Å²) < 4.78 is 5.80. The van der Waals surface area contributed by atoms with Crippen molar-refractivity contribution in [2.75, 3.05) is 6.61 Å². The van der Waals surface area contributed by atoms with Crippen molar-refractivity contribution in [3.8, 4) is 0 Å². The second-order valence-electron chi connectivity index (χ2n) is 9.99. The smallest absolute Gasteiger partial charge is 0.311 e. The lowest BCUT2D eigenvalue weighted by Gasteiger charge is -2.42. The van der Waals surface area contributed by atoms with Crippen molar-refractivity contribution in [3.05, 3.63) is 0 Å². The van der Waals surface area contributed by atoms with Gasteiger partial charge in [0.15, 0.2) is 0 Å². The molecule has 1 saturated carbocycles. The summed E-state index contributed by atoms with van der Waals surface area (Å²) in [6, 6.07) is 0. The summed E-state index contributed by atoms with van der Waals surface area (Å²) >= 11 is 0. The Morgan fingerprint density at radius 2 is 1.73 bits per heavy atom. The van der Waals surface area contributed by atoms with Crippen LogP contribution in [0.1, 0.15) is 92.4 Å². The monoisotopic (exact) mass is 428 g/mol. The van der Waals surface area contributed by atoms with Crippen molar-refractivity contribution in [1.29, 1.82) is 0 Å². The number of hydrogen-bond donors (Lipinski definition) is 3. The van der Waals surface area contributed by atoms with E-state index in [0.717, 1.165) is 38.5 Å². The molecule has 176 valence electrons. The van der Waals surface area contributed by atoms with Crippen LogP contribution in [0.4, 0.5) is 0 Å². The van der Waals surface area contributed by atoms with E-state index in [-0.39, 0.29) is 24.7 Å². The van der Waals surface area contributed by atoms with Crippen LogP contribution in [0.2, 0.25) is 0 Å². The Morgan fingerprint density at radius 1 is 1.07 bits per heavy atom. The standard InChI is InChI=1S/C24H44O6/c1-6-8-17-10-9-16(3)20(12-11-18(25)13-19(26)14-22(27)28)21(17)15-30-23(29)24(4,5)7-2/h16-21,25-26H,6-15H2,1-5H3,(H,27,28)/t16-,17+,18-,19+,20-,21-/m1/s1. The minimum Gasteiger partial charge on any atom is -0.481 e. The fraction of sp³-hybridized carbons (Fsp3) is 0.917. The second-order valence-corrected chi connectivity index (χ2v) is 9.99. The predicted molar refractivity (Wildman–Crippen MR) is 117 cm³/mol. The lowest BCUT2D eigenvalue weighted by atomic mass is 9.64. The third kappa shape index (κ3) is 8.54. The molecule has 1 aliphatic rings. The number of esters is 1. The molecule has 0 heterocycles. The van der Waals surface area contributed by atoms with Crippen LogP contribution < -0.4 is 0 Å².